The Morgan fingerprint density at radius 1 is 0.879 bits per heavy atom. The molecule has 0 atom stereocenters. The van der Waals surface area contributed by atoms with E-state index in [4.69, 9.17) is 9.47 Å². The number of carbonyl (C=O) groups excluding carboxylic acids is 2. The van der Waals surface area contributed by atoms with Crippen LogP contribution in [0.25, 0.3) is 6.08 Å². The molecule has 0 saturated carbocycles. The van der Waals surface area contributed by atoms with Gasteiger partial charge in [0.15, 0.2) is 0 Å². The zero-order valence-corrected chi connectivity index (χ0v) is 18.9. The number of esters is 1. The first kappa shape index (κ1) is 23.6. The molecule has 6 nitrogen and oxygen atoms in total. The van der Waals surface area contributed by atoms with Gasteiger partial charge in [-0.15, -0.1) is 0 Å². The maximum Gasteiger partial charge on any atom is 0.338 e. The summed E-state index contributed by atoms with van der Waals surface area (Å²) < 4.78 is 10.5. The fraction of sp³-hybridized carbons (Fsp3) is 0.185. The third-order valence-corrected chi connectivity index (χ3v) is 4.75. The molecule has 0 bridgehead atoms. The van der Waals surface area contributed by atoms with E-state index >= 15 is 0 Å². The summed E-state index contributed by atoms with van der Waals surface area (Å²) in [5.74, 6) is 0.355. The van der Waals surface area contributed by atoms with Gasteiger partial charge in [-0.3, -0.25) is 4.90 Å². The van der Waals surface area contributed by atoms with Crippen LogP contribution in [0, 0.1) is 0 Å². The second-order valence-electron chi connectivity index (χ2n) is 7.08. The lowest BCUT2D eigenvalue weighted by molar-refractivity contribution is 0.0526. The quantitative estimate of drug-likeness (QED) is 0.410. The third-order valence-electron chi connectivity index (χ3n) is 4.75. The number of benzene rings is 3. The van der Waals surface area contributed by atoms with Gasteiger partial charge < -0.3 is 14.8 Å². The monoisotopic (exact) mass is 444 g/mol. The maximum atomic E-state index is 13.1. The molecule has 3 aromatic carbocycles. The van der Waals surface area contributed by atoms with Gasteiger partial charge in [0.25, 0.3) is 0 Å². The minimum absolute atomic E-state index is 0.291. The molecule has 1 N–H and O–H groups in total. The van der Waals surface area contributed by atoms with E-state index in [1.807, 2.05) is 73.7 Å². The first-order chi connectivity index (χ1) is 16.1. The average molecular weight is 445 g/mol. The molecule has 2 amide bonds. The van der Waals surface area contributed by atoms with E-state index in [0.29, 0.717) is 31.0 Å². The highest BCUT2D eigenvalue weighted by atomic mass is 16.5. The number of anilines is 2. The molecule has 0 saturated heterocycles. The molecule has 33 heavy (non-hydrogen) atoms. The van der Waals surface area contributed by atoms with Crippen molar-refractivity contribution in [3.63, 3.8) is 0 Å². The van der Waals surface area contributed by atoms with E-state index in [-0.39, 0.29) is 6.03 Å². The molecule has 6 heteroatoms. The molecular weight excluding hydrogens is 416 g/mol. The molecule has 3 rings (SSSR count). The SMILES string of the molecule is CCOC(=O)c1ccc(NC(=O)N(C/C=C/c2ccccc2)c2ccc(OCC)cc2)cc1. The molecule has 0 radical (unpaired) electrons. The average Bonchev–Trinajstić information content (AvgIpc) is 2.84. The number of hydrogen-bond donors (Lipinski definition) is 1. The normalized spacial score (nSPS) is 10.6. The van der Waals surface area contributed by atoms with Crippen LogP contribution in [0.5, 0.6) is 5.75 Å². The minimum Gasteiger partial charge on any atom is -0.494 e. The van der Waals surface area contributed by atoms with Gasteiger partial charge in [0.05, 0.1) is 18.8 Å². The Morgan fingerprint density at radius 3 is 2.21 bits per heavy atom. The number of amides is 2. The van der Waals surface area contributed by atoms with Crippen molar-refractivity contribution in [3.05, 3.63) is 96.1 Å². The lowest BCUT2D eigenvalue weighted by Gasteiger charge is -2.22. The lowest BCUT2D eigenvalue weighted by Crippen LogP contribution is -2.35. The summed E-state index contributed by atoms with van der Waals surface area (Å²) in [6.45, 7) is 4.94. The van der Waals surface area contributed by atoms with Crippen molar-refractivity contribution in [1.82, 2.24) is 0 Å². The number of carbonyl (C=O) groups is 2. The summed E-state index contributed by atoms with van der Waals surface area (Å²) in [6.07, 6.45) is 3.91. The largest absolute Gasteiger partial charge is 0.494 e. The minimum atomic E-state index is -0.391. The number of rotatable bonds is 9. The molecule has 0 aliphatic heterocycles. The van der Waals surface area contributed by atoms with E-state index in [1.54, 1.807) is 36.1 Å². The van der Waals surface area contributed by atoms with Gasteiger partial charge in [-0.05, 0) is 67.9 Å². The number of ether oxygens (including phenoxy) is 2. The van der Waals surface area contributed by atoms with Crippen molar-refractivity contribution in [1.29, 1.82) is 0 Å². The molecule has 170 valence electrons. The van der Waals surface area contributed by atoms with E-state index in [0.717, 1.165) is 17.0 Å². The van der Waals surface area contributed by atoms with Crippen molar-refractivity contribution in [2.75, 3.05) is 30.0 Å². The topological polar surface area (TPSA) is 67.9 Å². The van der Waals surface area contributed by atoms with E-state index < -0.39 is 5.97 Å². The third kappa shape index (κ3) is 6.97. The standard InChI is InChI=1S/C27H28N2O4/c1-3-32-25-18-16-24(17-19-25)29(20-8-11-21-9-6-5-7-10-21)27(31)28-23-14-12-22(13-15-23)26(30)33-4-2/h5-19H,3-4,20H2,1-2H3,(H,28,31)/b11-8+. The summed E-state index contributed by atoms with van der Waals surface area (Å²) in [6, 6.07) is 23.6. The van der Waals surface area contributed by atoms with Crippen LogP contribution in [-0.2, 0) is 4.74 Å². The Kier molecular flexibility index (Phi) is 8.65. The predicted molar refractivity (Wildman–Crippen MR) is 132 cm³/mol. The highest BCUT2D eigenvalue weighted by Gasteiger charge is 2.15. The Bertz CT molecular complexity index is 1060. The fourth-order valence-electron chi connectivity index (χ4n) is 3.15. The fourth-order valence-corrected chi connectivity index (χ4v) is 3.15. The Labute approximate surface area is 194 Å². The van der Waals surface area contributed by atoms with E-state index in [2.05, 4.69) is 5.32 Å². The predicted octanol–water partition coefficient (Wildman–Crippen LogP) is 6.01. The van der Waals surface area contributed by atoms with Crippen LogP contribution >= 0.6 is 0 Å². The highest BCUT2D eigenvalue weighted by molar-refractivity contribution is 6.02. The number of nitrogens with zero attached hydrogens (tertiary/aromatic N) is 1. The van der Waals surface area contributed by atoms with Crippen LogP contribution in [-0.4, -0.2) is 31.8 Å². The van der Waals surface area contributed by atoms with Crippen LogP contribution in [0.4, 0.5) is 16.2 Å². The van der Waals surface area contributed by atoms with Gasteiger partial charge >= 0.3 is 12.0 Å². The Morgan fingerprint density at radius 2 is 1.58 bits per heavy atom. The van der Waals surface area contributed by atoms with Crippen molar-refractivity contribution >= 4 is 29.5 Å². The van der Waals surface area contributed by atoms with Crippen molar-refractivity contribution < 1.29 is 19.1 Å². The molecule has 0 aliphatic carbocycles. The van der Waals surface area contributed by atoms with Gasteiger partial charge in [-0.2, -0.15) is 0 Å². The van der Waals surface area contributed by atoms with E-state index in [9.17, 15) is 9.59 Å². The number of hydrogen-bond acceptors (Lipinski definition) is 4. The first-order valence-electron chi connectivity index (χ1n) is 10.9. The van der Waals surface area contributed by atoms with Gasteiger partial charge in [-0.25, -0.2) is 9.59 Å². The van der Waals surface area contributed by atoms with E-state index in [1.165, 1.54) is 0 Å². The molecule has 0 spiro atoms. The summed E-state index contributed by atoms with van der Waals surface area (Å²) >= 11 is 0. The second-order valence-corrected chi connectivity index (χ2v) is 7.08. The second kappa shape index (κ2) is 12.1. The first-order valence-corrected chi connectivity index (χ1v) is 10.9. The highest BCUT2D eigenvalue weighted by Crippen LogP contribution is 2.21. The number of nitrogens with one attached hydrogen (secondary N) is 1. The summed E-state index contributed by atoms with van der Waals surface area (Å²) in [4.78, 5) is 26.6. The maximum absolute atomic E-state index is 13.1. The Balaban J connectivity index is 1.76. The van der Waals surface area contributed by atoms with Crippen molar-refractivity contribution in [2.24, 2.45) is 0 Å². The van der Waals surface area contributed by atoms with Crippen LogP contribution in [0.3, 0.4) is 0 Å². The van der Waals surface area contributed by atoms with Gasteiger partial charge in [0.2, 0.25) is 0 Å². The zero-order valence-electron chi connectivity index (χ0n) is 18.9. The van der Waals surface area contributed by atoms with Gasteiger partial charge in [0.1, 0.15) is 5.75 Å². The van der Waals surface area contributed by atoms with Crippen LogP contribution in [0.2, 0.25) is 0 Å². The molecule has 0 fully saturated rings. The molecule has 3 aromatic rings. The zero-order chi connectivity index (χ0) is 23.5. The van der Waals surface area contributed by atoms with Crippen LogP contribution in [0.1, 0.15) is 29.8 Å². The summed E-state index contributed by atoms with van der Waals surface area (Å²) in [5, 5.41) is 2.90. The molecular formula is C27H28N2O4. The van der Waals surface area contributed by atoms with Crippen molar-refractivity contribution in [3.8, 4) is 5.75 Å². The van der Waals surface area contributed by atoms with Crippen LogP contribution in [0.15, 0.2) is 84.9 Å². The summed E-state index contributed by atoms with van der Waals surface area (Å²) in [5.41, 5.74) is 2.80. The smallest absolute Gasteiger partial charge is 0.338 e. The Hall–Kier alpha value is -4.06. The summed E-state index contributed by atoms with van der Waals surface area (Å²) in [7, 11) is 0. The molecule has 0 unspecified atom stereocenters. The molecule has 0 heterocycles. The van der Waals surface area contributed by atoms with Crippen LogP contribution < -0.4 is 15.0 Å². The van der Waals surface area contributed by atoms with Crippen molar-refractivity contribution in [2.45, 2.75) is 13.8 Å². The molecule has 0 aliphatic rings. The van der Waals surface area contributed by atoms with Gasteiger partial charge in [-0.1, -0.05) is 42.5 Å². The number of urea groups is 1. The van der Waals surface area contributed by atoms with Gasteiger partial charge in [0, 0.05) is 17.9 Å². The molecule has 0 aromatic heterocycles. The lowest BCUT2D eigenvalue weighted by atomic mass is 10.2.